The molecule has 2 amide bonds. The third kappa shape index (κ3) is 2.98. The van der Waals surface area contributed by atoms with Gasteiger partial charge in [0.1, 0.15) is 0 Å². The molecule has 1 saturated carbocycles. The van der Waals surface area contributed by atoms with Crippen LogP contribution >= 0.6 is 0 Å². The number of carbonyl (C=O) groups is 2. The highest BCUT2D eigenvalue weighted by molar-refractivity contribution is 7.92. The fourth-order valence-electron chi connectivity index (χ4n) is 3.80. The van der Waals surface area contributed by atoms with E-state index in [1.807, 2.05) is 4.90 Å². The minimum Gasteiger partial charge on any atom is -0.350 e. The second-order valence-electron chi connectivity index (χ2n) is 7.22. The molecule has 3 atom stereocenters. The first kappa shape index (κ1) is 16.7. The van der Waals surface area contributed by atoms with E-state index < -0.39 is 20.5 Å². The van der Waals surface area contributed by atoms with Gasteiger partial charge in [-0.3, -0.25) is 9.59 Å². The number of carbonyl (C=O) groups excluding carboxylic acids is 2. The van der Waals surface area contributed by atoms with Crippen molar-refractivity contribution in [2.45, 2.75) is 49.4 Å². The fraction of sp³-hybridized carbons (Fsp3) is 0.867. The van der Waals surface area contributed by atoms with Gasteiger partial charge in [0.2, 0.25) is 11.8 Å². The van der Waals surface area contributed by atoms with Crippen LogP contribution in [-0.4, -0.2) is 67.9 Å². The molecule has 2 heterocycles. The molecular formula is C15H25N3O4S. The first-order chi connectivity index (χ1) is 10.7. The Bertz CT molecular complexity index is 612. The van der Waals surface area contributed by atoms with Gasteiger partial charge in [-0.1, -0.05) is 6.92 Å². The van der Waals surface area contributed by atoms with Crippen molar-refractivity contribution in [2.75, 3.05) is 25.9 Å². The minimum atomic E-state index is -3.52. The number of nitrogens with one attached hydrogen (secondary N) is 2. The average Bonchev–Trinajstić information content (AvgIpc) is 3.09. The lowest BCUT2D eigenvalue weighted by Gasteiger charge is -2.35. The normalized spacial score (nSPS) is 33.6. The summed E-state index contributed by atoms with van der Waals surface area (Å²) in [5, 5.41) is 5.94. The zero-order chi connectivity index (χ0) is 16.8. The molecule has 130 valence electrons. The first-order valence-electron chi connectivity index (χ1n) is 8.25. The Morgan fingerprint density at radius 1 is 1.35 bits per heavy atom. The van der Waals surface area contributed by atoms with Crippen molar-refractivity contribution >= 4 is 21.7 Å². The molecule has 0 aromatic carbocycles. The zero-order valence-corrected chi connectivity index (χ0v) is 14.5. The molecule has 2 N–H and O–H groups in total. The number of likely N-dealkylation sites (tertiary alicyclic amines) is 1. The van der Waals surface area contributed by atoms with Crippen LogP contribution in [0.25, 0.3) is 0 Å². The number of amides is 2. The number of piperidine rings is 1. The molecular weight excluding hydrogens is 318 g/mol. The van der Waals surface area contributed by atoms with Crippen LogP contribution in [0, 0.1) is 5.92 Å². The Hall–Kier alpha value is -1.15. The van der Waals surface area contributed by atoms with Gasteiger partial charge >= 0.3 is 0 Å². The van der Waals surface area contributed by atoms with Gasteiger partial charge in [-0.05, 0) is 38.3 Å². The van der Waals surface area contributed by atoms with Gasteiger partial charge < -0.3 is 15.5 Å². The Labute approximate surface area is 137 Å². The molecule has 3 rings (SSSR count). The van der Waals surface area contributed by atoms with Gasteiger partial charge in [0, 0.05) is 25.3 Å². The topological polar surface area (TPSA) is 95.6 Å². The standard InChI is InChI=1S/C15H25N3O4S/c1-10-7-12(10)18-9-11(8-13(18)19)17-14(20)15(23(2,21)22)3-5-16-6-4-15/h10-12,16H,3-9H2,1-2H3,(H,17,20). The van der Waals surface area contributed by atoms with Crippen molar-refractivity contribution in [2.24, 2.45) is 5.92 Å². The minimum absolute atomic E-state index is 0.0587. The molecule has 0 radical (unpaired) electrons. The van der Waals surface area contributed by atoms with Crippen LogP contribution in [0.5, 0.6) is 0 Å². The van der Waals surface area contributed by atoms with E-state index in [4.69, 9.17) is 0 Å². The molecule has 0 spiro atoms. The molecule has 8 heteroatoms. The number of hydrogen-bond acceptors (Lipinski definition) is 5. The van der Waals surface area contributed by atoms with Gasteiger partial charge in [-0.25, -0.2) is 8.42 Å². The van der Waals surface area contributed by atoms with Crippen molar-refractivity contribution in [1.82, 2.24) is 15.5 Å². The second-order valence-corrected chi connectivity index (χ2v) is 9.54. The van der Waals surface area contributed by atoms with E-state index in [2.05, 4.69) is 17.6 Å². The largest absolute Gasteiger partial charge is 0.350 e. The fourth-order valence-corrected chi connectivity index (χ4v) is 5.14. The van der Waals surface area contributed by atoms with Gasteiger partial charge in [0.15, 0.2) is 14.6 Å². The summed E-state index contributed by atoms with van der Waals surface area (Å²) in [4.78, 5) is 26.7. The highest BCUT2D eigenvalue weighted by atomic mass is 32.2. The van der Waals surface area contributed by atoms with E-state index in [1.54, 1.807) is 0 Å². The van der Waals surface area contributed by atoms with Crippen LogP contribution in [0.2, 0.25) is 0 Å². The molecule has 0 aromatic heterocycles. The quantitative estimate of drug-likeness (QED) is 0.702. The molecule has 2 saturated heterocycles. The van der Waals surface area contributed by atoms with E-state index in [-0.39, 0.29) is 31.2 Å². The maximum absolute atomic E-state index is 12.7. The smallest absolute Gasteiger partial charge is 0.241 e. The lowest BCUT2D eigenvalue weighted by molar-refractivity contribution is -0.128. The molecule has 23 heavy (non-hydrogen) atoms. The van der Waals surface area contributed by atoms with Crippen LogP contribution in [0.4, 0.5) is 0 Å². The summed E-state index contributed by atoms with van der Waals surface area (Å²) in [7, 11) is -3.52. The molecule has 3 unspecified atom stereocenters. The third-order valence-electron chi connectivity index (χ3n) is 5.50. The Morgan fingerprint density at radius 2 is 1.96 bits per heavy atom. The Kier molecular flexibility index (Phi) is 4.16. The third-order valence-corrected chi connectivity index (χ3v) is 7.51. The summed E-state index contributed by atoms with van der Waals surface area (Å²) in [6.07, 6.45) is 2.98. The predicted molar refractivity (Wildman–Crippen MR) is 85.5 cm³/mol. The molecule has 0 bridgehead atoms. The summed E-state index contributed by atoms with van der Waals surface area (Å²) in [6, 6.07) is 0.0171. The molecule has 1 aliphatic carbocycles. The van der Waals surface area contributed by atoms with E-state index >= 15 is 0 Å². The van der Waals surface area contributed by atoms with Crippen LogP contribution in [0.15, 0.2) is 0 Å². The number of rotatable bonds is 4. The Morgan fingerprint density at radius 3 is 2.48 bits per heavy atom. The van der Waals surface area contributed by atoms with Crippen LogP contribution in [0.1, 0.15) is 32.6 Å². The van der Waals surface area contributed by atoms with E-state index in [0.29, 0.717) is 31.6 Å². The van der Waals surface area contributed by atoms with Crippen molar-refractivity contribution in [3.05, 3.63) is 0 Å². The van der Waals surface area contributed by atoms with Crippen molar-refractivity contribution in [1.29, 1.82) is 0 Å². The molecule has 2 aliphatic heterocycles. The number of hydrogen-bond donors (Lipinski definition) is 2. The average molecular weight is 343 g/mol. The molecule has 3 aliphatic rings. The van der Waals surface area contributed by atoms with Crippen molar-refractivity contribution < 1.29 is 18.0 Å². The lowest BCUT2D eigenvalue weighted by atomic mass is 9.95. The summed E-state index contributed by atoms with van der Waals surface area (Å²) < 4.78 is 23.1. The highest BCUT2D eigenvalue weighted by Crippen LogP contribution is 2.37. The maximum atomic E-state index is 12.7. The van der Waals surface area contributed by atoms with Crippen LogP contribution in [-0.2, 0) is 19.4 Å². The van der Waals surface area contributed by atoms with Crippen molar-refractivity contribution in [3.8, 4) is 0 Å². The molecule has 3 fully saturated rings. The maximum Gasteiger partial charge on any atom is 0.241 e. The summed E-state index contributed by atoms with van der Waals surface area (Å²) >= 11 is 0. The second kappa shape index (κ2) is 5.73. The van der Waals surface area contributed by atoms with Crippen LogP contribution in [0.3, 0.4) is 0 Å². The van der Waals surface area contributed by atoms with E-state index in [9.17, 15) is 18.0 Å². The molecule has 7 nitrogen and oxygen atoms in total. The van der Waals surface area contributed by atoms with E-state index in [0.717, 1.165) is 12.7 Å². The van der Waals surface area contributed by atoms with E-state index in [1.165, 1.54) is 0 Å². The van der Waals surface area contributed by atoms with Gasteiger partial charge in [-0.15, -0.1) is 0 Å². The predicted octanol–water partition coefficient (Wildman–Crippen LogP) is -0.721. The number of nitrogens with zero attached hydrogens (tertiary/aromatic N) is 1. The Balaban J connectivity index is 1.69. The summed E-state index contributed by atoms with van der Waals surface area (Å²) in [6.45, 7) is 3.63. The number of sulfone groups is 1. The zero-order valence-electron chi connectivity index (χ0n) is 13.7. The first-order valence-corrected chi connectivity index (χ1v) is 10.1. The highest BCUT2D eigenvalue weighted by Gasteiger charge is 2.50. The SMILES string of the molecule is CC1CC1N1CC(NC(=O)C2(S(C)(=O)=O)CCNCC2)CC1=O. The van der Waals surface area contributed by atoms with Crippen molar-refractivity contribution in [3.63, 3.8) is 0 Å². The lowest BCUT2D eigenvalue weighted by Crippen LogP contribution is -2.59. The monoisotopic (exact) mass is 343 g/mol. The summed E-state index contributed by atoms with van der Waals surface area (Å²) in [5.74, 6) is 0.147. The van der Waals surface area contributed by atoms with Crippen LogP contribution < -0.4 is 10.6 Å². The van der Waals surface area contributed by atoms with Gasteiger partial charge in [-0.2, -0.15) is 0 Å². The summed E-state index contributed by atoms with van der Waals surface area (Å²) in [5.41, 5.74) is 0. The molecule has 0 aromatic rings. The van der Waals surface area contributed by atoms with Gasteiger partial charge in [0.05, 0.1) is 6.04 Å². The van der Waals surface area contributed by atoms with Gasteiger partial charge in [0.25, 0.3) is 0 Å².